The van der Waals surface area contributed by atoms with Gasteiger partial charge in [-0.15, -0.1) is 0 Å². The number of pyridine rings is 1. The fourth-order valence-electron chi connectivity index (χ4n) is 1.15. The first-order valence-corrected chi connectivity index (χ1v) is 5.65. The van der Waals surface area contributed by atoms with Crippen LogP contribution in [0.2, 0.25) is 0 Å². The largest absolute Gasteiger partial charge is 0.383 e. The second-order valence-electron chi connectivity index (χ2n) is 3.11. The first-order valence-electron chi connectivity index (χ1n) is 4.67. The van der Waals surface area contributed by atoms with E-state index in [0.29, 0.717) is 22.5 Å². The van der Waals surface area contributed by atoms with E-state index in [-0.39, 0.29) is 0 Å². The molecule has 0 atom stereocenters. The first kappa shape index (κ1) is 10.7. The Morgan fingerprint density at radius 3 is 2.50 bits per heavy atom. The predicted molar refractivity (Wildman–Crippen MR) is 64.7 cm³/mol. The van der Waals surface area contributed by atoms with E-state index in [1.807, 2.05) is 18.2 Å². The van der Waals surface area contributed by atoms with E-state index in [2.05, 4.69) is 15.0 Å². The Morgan fingerprint density at radius 1 is 1.12 bits per heavy atom. The van der Waals surface area contributed by atoms with Gasteiger partial charge in [0.2, 0.25) is 0 Å². The Labute approximate surface area is 97.3 Å². The third-order valence-corrected chi connectivity index (χ3v) is 2.70. The van der Waals surface area contributed by atoms with Crippen LogP contribution in [0.4, 0.5) is 11.6 Å². The van der Waals surface area contributed by atoms with Crippen LogP contribution in [-0.4, -0.2) is 15.0 Å². The van der Waals surface area contributed by atoms with Gasteiger partial charge in [0.25, 0.3) is 0 Å². The van der Waals surface area contributed by atoms with E-state index in [0.717, 1.165) is 5.69 Å². The van der Waals surface area contributed by atoms with Crippen LogP contribution in [0.3, 0.4) is 0 Å². The number of anilines is 2. The lowest BCUT2D eigenvalue weighted by Crippen LogP contribution is -1.99. The van der Waals surface area contributed by atoms with Gasteiger partial charge in [0.05, 0.1) is 5.69 Å². The second-order valence-corrected chi connectivity index (χ2v) is 4.05. The summed E-state index contributed by atoms with van der Waals surface area (Å²) in [5, 5.41) is 0.572. The van der Waals surface area contributed by atoms with Crippen molar-refractivity contribution in [1.82, 2.24) is 15.0 Å². The molecule has 0 aliphatic carbocycles. The normalized spacial score (nSPS) is 10.2. The van der Waals surface area contributed by atoms with Crippen LogP contribution in [0.5, 0.6) is 0 Å². The van der Waals surface area contributed by atoms with Crippen molar-refractivity contribution in [2.45, 2.75) is 10.9 Å². The fraction of sp³-hybridized carbons (Fsp3) is 0.100. The molecule has 0 aromatic carbocycles. The summed E-state index contributed by atoms with van der Waals surface area (Å²) < 4.78 is 0. The van der Waals surface area contributed by atoms with Crippen molar-refractivity contribution in [3.8, 4) is 0 Å². The zero-order chi connectivity index (χ0) is 11.4. The van der Waals surface area contributed by atoms with Crippen molar-refractivity contribution < 1.29 is 0 Å². The zero-order valence-corrected chi connectivity index (χ0v) is 9.31. The Morgan fingerprint density at radius 2 is 1.88 bits per heavy atom. The van der Waals surface area contributed by atoms with Crippen molar-refractivity contribution in [2.75, 3.05) is 11.5 Å². The number of aromatic nitrogens is 3. The molecule has 2 heterocycles. The van der Waals surface area contributed by atoms with E-state index < -0.39 is 0 Å². The maximum absolute atomic E-state index is 5.57. The van der Waals surface area contributed by atoms with Crippen LogP contribution < -0.4 is 11.5 Å². The molecular weight excluding hydrogens is 222 g/mol. The summed E-state index contributed by atoms with van der Waals surface area (Å²) in [6.07, 6.45) is 1.75. The van der Waals surface area contributed by atoms with Gasteiger partial charge in [-0.2, -0.15) is 0 Å². The van der Waals surface area contributed by atoms with Gasteiger partial charge < -0.3 is 11.5 Å². The molecular formula is C10H11N5S. The summed E-state index contributed by atoms with van der Waals surface area (Å²) in [4.78, 5) is 12.3. The van der Waals surface area contributed by atoms with Crippen molar-refractivity contribution in [1.29, 1.82) is 0 Å². The molecule has 0 amide bonds. The van der Waals surface area contributed by atoms with Crippen LogP contribution in [0.1, 0.15) is 5.69 Å². The van der Waals surface area contributed by atoms with E-state index >= 15 is 0 Å². The highest BCUT2D eigenvalue weighted by molar-refractivity contribution is 7.98. The number of nitrogens with two attached hydrogens (primary N) is 2. The van der Waals surface area contributed by atoms with E-state index in [9.17, 15) is 0 Å². The molecule has 0 radical (unpaired) electrons. The van der Waals surface area contributed by atoms with Gasteiger partial charge in [0.1, 0.15) is 11.6 Å². The molecule has 0 aliphatic heterocycles. The zero-order valence-electron chi connectivity index (χ0n) is 8.50. The monoisotopic (exact) mass is 233 g/mol. The summed E-state index contributed by atoms with van der Waals surface area (Å²) in [7, 11) is 0. The van der Waals surface area contributed by atoms with Gasteiger partial charge in [-0.1, -0.05) is 17.8 Å². The number of hydrogen-bond acceptors (Lipinski definition) is 6. The maximum Gasteiger partial charge on any atom is 0.191 e. The van der Waals surface area contributed by atoms with Gasteiger partial charge in [-0.05, 0) is 12.1 Å². The quantitative estimate of drug-likeness (QED) is 0.614. The van der Waals surface area contributed by atoms with Crippen molar-refractivity contribution in [2.24, 2.45) is 0 Å². The highest BCUT2D eigenvalue weighted by Gasteiger charge is 2.02. The van der Waals surface area contributed by atoms with Crippen LogP contribution in [0.15, 0.2) is 35.6 Å². The average Bonchev–Trinajstić information content (AvgIpc) is 2.27. The Balaban J connectivity index is 2.05. The van der Waals surface area contributed by atoms with Crippen molar-refractivity contribution in [3.63, 3.8) is 0 Å². The lowest BCUT2D eigenvalue weighted by molar-refractivity contribution is 0.982. The lowest BCUT2D eigenvalue weighted by atomic mass is 10.4. The smallest absolute Gasteiger partial charge is 0.191 e. The highest BCUT2D eigenvalue weighted by atomic mass is 32.2. The predicted octanol–water partition coefficient (Wildman–Crippen LogP) is 1.33. The molecule has 2 rings (SSSR count). The maximum atomic E-state index is 5.57. The summed E-state index contributed by atoms with van der Waals surface area (Å²) in [5.74, 6) is 1.47. The van der Waals surface area contributed by atoms with Crippen LogP contribution in [0.25, 0.3) is 0 Å². The minimum atomic E-state index is 0.385. The van der Waals surface area contributed by atoms with Crippen molar-refractivity contribution in [3.05, 3.63) is 36.2 Å². The van der Waals surface area contributed by atoms with Gasteiger partial charge in [-0.3, -0.25) is 4.98 Å². The second kappa shape index (κ2) is 4.80. The lowest BCUT2D eigenvalue weighted by Gasteiger charge is -2.02. The molecule has 82 valence electrons. The summed E-state index contributed by atoms with van der Waals surface area (Å²) in [6, 6.07) is 7.30. The van der Waals surface area contributed by atoms with Gasteiger partial charge in [0, 0.05) is 18.0 Å². The number of rotatable bonds is 3. The fourth-order valence-corrected chi connectivity index (χ4v) is 1.94. The van der Waals surface area contributed by atoms with Crippen LogP contribution >= 0.6 is 11.8 Å². The standard InChI is InChI=1S/C10H11N5S/c11-8-5-9(12)15-10(14-8)16-6-7-3-1-2-4-13-7/h1-5H,6H2,(H4,11,12,14,15). The molecule has 0 bridgehead atoms. The molecule has 2 aromatic rings. The van der Waals surface area contributed by atoms with Crippen molar-refractivity contribution >= 4 is 23.4 Å². The number of nitrogens with zero attached hydrogens (tertiary/aromatic N) is 3. The van der Waals surface area contributed by atoms with E-state index in [1.54, 1.807) is 6.20 Å². The third-order valence-electron chi connectivity index (χ3n) is 1.82. The molecule has 0 spiro atoms. The first-order chi connectivity index (χ1) is 7.74. The van der Waals surface area contributed by atoms with E-state index in [1.165, 1.54) is 17.8 Å². The Bertz CT molecular complexity index is 454. The Hall–Kier alpha value is -1.82. The molecule has 0 saturated heterocycles. The number of thioether (sulfide) groups is 1. The topological polar surface area (TPSA) is 90.7 Å². The van der Waals surface area contributed by atoms with Crippen LogP contribution in [-0.2, 0) is 5.75 Å². The molecule has 16 heavy (non-hydrogen) atoms. The summed E-state index contributed by atoms with van der Waals surface area (Å²) in [5.41, 5.74) is 12.1. The van der Waals surface area contributed by atoms with E-state index in [4.69, 9.17) is 11.5 Å². The average molecular weight is 233 g/mol. The molecule has 0 fully saturated rings. The van der Waals surface area contributed by atoms with Gasteiger partial charge in [-0.25, -0.2) is 9.97 Å². The third kappa shape index (κ3) is 2.83. The number of hydrogen-bond donors (Lipinski definition) is 2. The Kier molecular flexibility index (Phi) is 3.21. The number of nitrogen functional groups attached to an aromatic ring is 2. The minimum Gasteiger partial charge on any atom is -0.383 e. The minimum absolute atomic E-state index is 0.385. The molecule has 6 heteroatoms. The molecule has 0 aliphatic rings. The van der Waals surface area contributed by atoms with Gasteiger partial charge >= 0.3 is 0 Å². The van der Waals surface area contributed by atoms with Gasteiger partial charge in [0.15, 0.2) is 5.16 Å². The molecule has 5 nitrogen and oxygen atoms in total. The summed E-state index contributed by atoms with van der Waals surface area (Å²) in [6.45, 7) is 0. The van der Waals surface area contributed by atoms with Crippen LogP contribution in [0, 0.1) is 0 Å². The molecule has 0 saturated carbocycles. The highest BCUT2D eigenvalue weighted by Crippen LogP contribution is 2.19. The molecule has 2 aromatic heterocycles. The molecule has 0 unspecified atom stereocenters. The SMILES string of the molecule is Nc1cc(N)nc(SCc2ccccn2)n1. The summed E-state index contributed by atoms with van der Waals surface area (Å²) >= 11 is 1.46. The molecule has 4 N–H and O–H groups in total.